The Balaban J connectivity index is 1.67. The standard InChI is InChI=1S/C22H25N3O3S2/c26-16-15-25-21(17-29-22(25)23-19-7-3-1-4-8-19)18-9-11-20(12-10-18)30(27,28)24-13-5-2-6-14-24/h1,3-4,7-12,17,26H,2,5-6,13-16H2. The zero-order chi connectivity index (χ0) is 21.0. The van der Waals surface area contributed by atoms with Gasteiger partial charge < -0.3 is 9.67 Å². The number of nitrogens with zero attached hydrogens (tertiary/aromatic N) is 3. The van der Waals surface area contributed by atoms with Gasteiger partial charge in [0.05, 0.1) is 22.9 Å². The van der Waals surface area contributed by atoms with Crippen LogP contribution >= 0.6 is 11.3 Å². The van der Waals surface area contributed by atoms with Crippen molar-refractivity contribution in [1.29, 1.82) is 0 Å². The van der Waals surface area contributed by atoms with Crippen LogP contribution in [-0.4, -0.2) is 42.1 Å². The van der Waals surface area contributed by atoms with Crippen molar-refractivity contribution in [2.75, 3.05) is 19.7 Å². The molecule has 158 valence electrons. The van der Waals surface area contributed by atoms with E-state index in [-0.39, 0.29) is 6.61 Å². The number of hydrogen-bond donors (Lipinski definition) is 1. The van der Waals surface area contributed by atoms with E-state index in [0.717, 1.165) is 41.0 Å². The van der Waals surface area contributed by atoms with Crippen molar-refractivity contribution < 1.29 is 13.5 Å². The second-order valence-corrected chi connectivity index (χ2v) is 9.99. The van der Waals surface area contributed by atoms with Crippen LogP contribution in [0.4, 0.5) is 5.69 Å². The number of thiazole rings is 1. The van der Waals surface area contributed by atoms with Gasteiger partial charge in [-0.25, -0.2) is 13.4 Å². The minimum Gasteiger partial charge on any atom is -0.395 e. The Bertz CT molecular complexity index is 1140. The maximum atomic E-state index is 12.9. The molecule has 0 amide bonds. The Morgan fingerprint density at radius 3 is 2.33 bits per heavy atom. The van der Waals surface area contributed by atoms with E-state index in [9.17, 15) is 13.5 Å². The van der Waals surface area contributed by atoms with Crippen molar-refractivity contribution in [2.45, 2.75) is 30.7 Å². The Labute approximate surface area is 180 Å². The van der Waals surface area contributed by atoms with Gasteiger partial charge in [0.2, 0.25) is 10.0 Å². The molecular formula is C22H25N3O3S2. The fraction of sp³-hybridized carbons (Fsp3) is 0.318. The van der Waals surface area contributed by atoms with E-state index in [0.29, 0.717) is 24.5 Å². The molecule has 0 unspecified atom stereocenters. The van der Waals surface area contributed by atoms with Crippen LogP contribution in [-0.2, 0) is 16.6 Å². The summed E-state index contributed by atoms with van der Waals surface area (Å²) in [7, 11) is -3.45. The lowest BCUT2D eigenvalue weighted by Gasteiger charge is -2.25. The minimum absolute atomic E-state index is 0.00681. The third-order valence-corrected chi connectivity index (χ3v) is 7.98. The Morgan fingerprint density at radius 1 is 0.967 bits per heavy atom. The molecule has 2 aromatic carbocycles. The molecule has 1 fully saturated rings. The van der Waals surface area contributed by atoms with E-state index >= 15 is 0 Å². The lowest BCUT2D eigenvalue weighted by Crippen LogP contribution is -2.35. The summed E-state index contributed by atoms with van der Waals surface area (Å²) < 4.78 is 29.3. The maximum Gasteiger partial charge on any atom is 0.243 e. The minimum atomic E-state index is -3.45. The zero-order valence-electron chi connectivity index (χ0n) is 16.6. The predicted molar refractivity (Wildman–Crippen MR) is 119 cm³/mol. The summed E-state index contributed by atoms with van der Waals surface area (Å²) in [6.07, 6.45) is 2.92. The van der Waals surface area contributed by atoms with Crippen LogP contribution in [0, 0.1) is 0 Å². The summed E-state index contributed by atoms with van der Waals surface area (Å²) in [4.78, 5) is 5.80. The van der Waals surface area contributed by atoms with Crippen molar-refractivity contribution in [3.05, 3.63) is 64.8 Å². The first-order valence-corrected chi connectivity index (χ1v) is 12.4. The first-order chi connectivity index (χ1) is 14.6. The van der Waals surface area contributed by atoms with Crippen LogP contribution in [0.3, 0.4) is 0 Å². The van der Waals surface area contributed by atoms with Crippen LogP contribution < -0.4 is 4.80 Å². The van der Waals surface area contributed by atoms with Crippen LogP contribution in [0.1, 0.15) is 19.3 Å². The average molecular weight is 444 g/mol. The lowest BCUT2D eigenvalue weighted by molar-refractivity contribution is 0.275. The highest BCUT2D eigenvalue weighted by atomic mass is 32.2. The fourth-order valence-corrected chi connectivity index (χ4v) is 6.10. The van der Waals surface area contributed by atoms with Gasteiger partial charge in [0.15, 0.2) is 4.80 Å². The molecule has 0 atom stereocenters. The topological polar surface area (TPSA) is 74.9 Å². The SMILES string of the molecule is O=S(=O)(c1ccc(-c2csc(=Nc3ccccc3)n2CCO)cc1)N1CCCCC1. The molecule has 0 radical (unpaired) electrons. The van der Waals surface area contributed by atoms with Gasteiger partial charge in [-0.05, 0) is 42.7 Å². The van der Waals surface area contributed by atoms with Gasteiger partial charge in [-0.15, -0.1) is 11.3 Å². The van der Waals surface area contributed by atoms with Crippen LogP contribution in [0.15, 0.2) is 69.9 Å². The monoisotopic (exact) mass is 443 g/mol. The number of piperidine rings is 1. The lowest BCUT2D eigenvalue weighted by atomic mass is 10.2. The molecule has 1 saturated heterocycles. The number of sulfonamides is 1. The maximum absolute atomic E-state index is 12.9. The third kappa shape index (κ3) is 4.41. The zero-order valence-corrected chi connectivity index (χ0v) is 18.3. The summed E-state index contributed by atoms with van der Waals surface area (Å²) >= 11 is 1.50. The van der Waals surface area contributed by atoms with Crippen LogP contribution in [0.5, 0.6) is 0 Å². The van der Waals surface area contributed by atoms with Gasteiger partial charge in [0.25, 0.3) is 0 Å². The molecule has 2 heterocycles. The number of para-hydroxylation sites is 1. The first-order valence-electron chi connectivity index (χ1n) is 10.1. The molecule has 0 bridgehead atoms. The second kappa shape index (κ2) is 9.26. The largest absolute Gasteiger partial charge is 0.395 e. The van der Waals surface area contributed by atoms with E-state index in [1.807, 2.05) is 52.4 Å². The fourth-order valence-electron chi connectivity index (χ4n) is 3.63. The molecule has 1 N–H and O–H groups in total. The van der Waals surface area contributed by atoms with Crippen LogP contribution in [0.2, 0.25) is 0 Å². The molecule has 0 saturated carbocycles. The van der Waals surface area contributed by atoms with Gasteiger partial charge in [-0.1, -0.05) is 36.8 Å². The molecule has 0 aliphatic carbocycles. The molecule has 1 aliphatic rings. The van der Waals surface area contributed by atoms with E-state index in [1.54, 1.807) is 16.4 Å². The number of aliphatic hydroxyl groups is 1. The number of aliphatic hydroxyl groups excluding tert-OH is 1. The summed E-state index contributed by atoms with van der Waals surface area (Å²) in [6, 6.07) is 16.7. The van der Waals surface area contributed by atoms with Gasteiger partial charge in [-0.2, -0.15) is 4.31 Å². The highest BCUT2D eigenvalue weighted by Gasteiger charge is 2.25. The van der Waals surface area contributed by atoms with E-state index in [2.05, 4.69) is 0 Å². The quantitative estimate of drug-likeness (QED) is 0.632. The Morgan fingerprint density at radius 2 is 1.67 bits per heavy atom. The molecular weight excluding hydrogens is 418 g/mol. The second-order valence-electron chi connectivity index (χ2n) is 7.22. The summed E-state index contributed by atoms with van der Waals surface area (Å²) in [5.74, 6) is 0. The number of rotatable bonds is 6. The Kier molecular flexibility index (Phi) is 6.48. The summed E-state index contributed by atoms with van der Waals surface area (Å²) in [5.41, 5.74) is 2.65. The van der Waals surface area contributed by atoms with Crippen molar-refractivity contribution in [3.8, 4) is 11.3 Å². The molecule has 1 aromatic heterocycles. The summed E-state index contributed by atoms with van der Waals surface area (Å²) in [5, 5.41) is 11.5. The van der Waals surface area contributed by atoms with E-state index < -0.39 is 10.0 Å². The molecule has 8 heteroatoms. The van der Waals surface area contributed by atoms with Gasteiger partial charge in [0, 0.05) is 25.0 Å². The molecule has 3 aromatic rings. The third-order valence-electron chi connectivity index (χ3n) is 5.21. The van der Waals surface area contributed by atoms with Crippen molar-refractivity contribution >= 4 is 27.0 Å². The number of hydrogen-bond acceptors (Lipinski definition) is 5. The molecule has 4 rings (SSSR count). The Hall–Kier alpha value is -2.26. The number of aromatic nitrogens is 1. The van der Waals surface area contributed by atoms with E-state index in [4.69, 9.17) is 4.99 Å². The highest BCUT2D eigenvalue weighted by molar-refractivity contribution is 7.89. The van der Waals surface area contributed by atoms with Crippen molar-refractivity contribution in [2.24, 2.45) is 4.99 Å². The molecule has 6 nitrogen and oxygen atoms in total. The molecule has 30 heavy (non-hydrogen) atoms. The first kappa shape index (κ1) is 21.0. The normalized spacial score (nSPS) is 16.1. The smallest absolute Gasteiger partial charge is 0.243 e. The molecule has 0 spiro atoms. The van der Waals surface area contributed by atoms with Gasteiger partial charge in [-0.3, -0.25) is 0 Å². The van der Waals surface area contributed by atoms with E-state index in [1.165, 1.54) is 11.3 Å². The number of benzene rings is 2. The van der Waals surface area contributed by atoms with Gasteiger partial charge >= 0.3 is 0 Å². The highest BCUT2D eigenvalue weighted by Crippen LogP contribution is 2.25. The van der Waals surface area contributed by atoms with Crippen molar-refractivity contribution in [3.63, 3.8) is 0 Å². The average Bonchev–Trinajstić information content (AvgIpc) is 3.17. The predicted octanol–water partition coefficient (Wildman–Crippen LogP) is 3.62. The van der Waals surface area contributed by atoms with Crippen LogP contribution in [0.25, 0.3) is 11.3 Å². The van der Waals surface area contributed by atoms with Crippen molar-refractivity contribution in [1.82, 2.24) is 8.87 Å². The van der Waals surface area contributed by atoms with Gasteiger partial charge in [0.1, 0.15) is 0 Å². The summed E-state index contributed by atoms with van der Waals surface area (Å²) in [6.45, 7) is 1.59. The molecule has 1 aliphatic heterocycles.